The van der Waals surface area contributed by atoms with Gasteiger partial charge in [-0.25, -0.2) is 9.37 Å². The zero-order chi connectivity index (χ0) is 19.1. The Hall–Kier alpha value is -1.42. The van der Waals surface area contributed by atoms with Gasteiger partial charge in [0.2, 0.25) is 0 Å². The molecule has 0 amide bonds. The summed E-state index contributed by atoms with van der Waals surface area (Å²) in [6, 6.07) is 7.59. The molecule has 0 aromatic carbocycles. The van der Waals surface area contributed by atoms with E-state index in [1.807, 2.05) is 4.90 Å². The van der Waals surface area contributed by atoms with E-state index >= 15 is 0 Å². The van der Waals surface area contributed by atoms with Crippen LogP contribution >= 0.6 is 35.3 Å². The maximum absolute atomic E-state index is 14.0. The SMILES string of the molecule is CCNC(=NCC(C)Cc1cccs1)NC1CCN(c2ncccc2F)C1.I. The largest absolute Gasteiger partial charge is 0.357 e. The number of aromatic nitrogens is 1. The average molecular weight is 517 g/mol. The van der Waals surface area contributed by atoms with E-state index in [2.05, 4.69) is 47.0 Å². The number of aliphatic imine (C=N–C) groups is 1. The van der Waals surface area contributed by atoms with Crippen molar-refractivity contribution in [2.45, 2.75) is 32.7 Å². The van der Waals surface area contributed by atoms with Crippen molar-refractivity contribution in [2.75, 3.05) is 31.1 Å². The molecule has 8 heteroatoms. The normalized spacial score (nSPS) is 17.9. The fraction of sp³-hybridized carbons (Fsp3) is 0.500. The van der Waals surface area contributed by atoms with Gasteiger partial charge in [-0.1, -0.05) is 13.0 Å². The van der Waals surface area contributed by atoms with Crippen molar-refractivity contribution in [3.8, 4) is 0 Å². The van der Waals surface area contributed by atoms with Crippen molar-refractivity contribution in [3.63, 3.8) is 0 Å². The Morgan fingerprint density at radius 1 is 1.43 bits per heavy atom. The van der Waals surface area contributed by atoms with E-state index in [4.69, 9.17) is 4.99 Å². The van der Waals surface area contributed by atoms with Crippen molar-refractivity contribution in [3.05, 3.63) is 46.5 Å². The summed E-state index contributed by atoms with van der Waals surface area (Å²) < 4.78 is 14.0. The minimum absolute atomic E-state index is 0. The van der Waals surface area contributed by atoms with Crippen molar-refractivity contribution in [1.82, 2.24) is 15.6 Å². The lowest BCUT2D eigenvalue weighted by atomic mass is 10.1. The Morgan fingerprint density at radius 2 is 2.29 bits per heavy atom. The van der Waals surface area contributed by atoms with E-state index in [-0.39, 0.29) is 35.8 Å². The lowest BCUT2D eigenvalue weighted by molar-refractivity contribution is 0.587. The number of nitrogens with zero attached hydrogens (tertiary/aromatic N) is 3. The molecular weight excluding hydrogens is 488 g/mol. The van der Waals surface area contributed by atoms with Crippen molar-refractivity contribution in [2.24, 2.45) is 10.9 Å². The van der Waals surface area contributed by atoms with Gasteiger partial charge < -0.3 is 15.5 Å². The monoisotopic (exact) mass is 517 g/mol. The lowest BCUT2D eigenvalue weighted by Crippen LogP contribution is -2.45. The molecule has 0 bridgehead atoms. The molecule has 154 valence electrons. The number of halogens is 2. The average Bonchev–Trinajstić information content (AvgIpc) is 3.32. The van der Waals surface area contributed by atoms with E-state index in [0.29, 0.717) is 11.7 Å². The number of hydrogen-bond donors (Lipinski definition) is 2. The van der Waals surface area contributed by atoms with Crippen LogP contribution in [0.15, 0.2) is 40.8 Å². The molecule has 0 spiro atoms. The third-order valence-electron chi connectivity index (χ3n) is 4.60. The molecule has 2 unspecified atom stereocenters. The number of thiophene rings is 1. The Labute approximate surface area is 187 Å². The maximum Gasteiger partial charge on any atom is 0.191 e. The Balaban J connectivity index is 0.00000280. The topological polar surface area (TPSA) is 52.6 Å². The van der Waals surface area contributed by atoms with Crippen molar-refractivity contribution in [1.29, 1.82) is 0 Å². The maximum atomic E-state index is 14.0. The lowest BCUT2D eigenvalue weighted by Gasteiger charge is -2.20. The van der Waals surface area contributed by atoms with Gasteiger partial charge in [0.05, 0.1) is 0 Å². The summed E-state index contributed by atoms with van der Waals surface area (Å²) in [4.78, 5) is 12.3. The van der Waals surface area contributed by atoms with Gasteiger partial charge in [0.1, 0.15) is 0 Å². The van der Waals surface area contributed by atoms with Crippen LogP contribution in [0, 0.1) is 11.7 Å². The molecule has 2 aromatic heterocycles. The molecule has 1 fully saturated rings. The zero-order valence-electron chi connectivity index (χ0n) is 16.4. The van der Waals surface area contributed by atoms with Crippen LogP contribution in [0.1, 0.15) is 25.1 Å². The highest BCUT2D eigenvalue weighted by molar-refractivity contribution is 14.0. The van der Waals surface area contributed by atoms with E-state index in [1.165, 1.54) is 10.9 Å². The Bertz CT molecular complexity index is 740. The number of nitrogens with one attached hydrogen (secondary N) is 2. The summed E-state index contributed by atoms with van der Waals surface area (Å²) in [5.41, 5.74) is 0. The van der Waals surface area contributed by atoms with Gasteiger partial charge in [-0.05, 0) is 49.3 Å². The molecule has 2 atom stereocenters. The predicted octanol–water partition coefficient (Wildman–Crippen LogP) is 3.91. The first kappa shape index (κ1) is 22.9. The number of hydrogen-bond acceptors (Lipinski definition) is 4. The smallest absolute Gasteiger partial charge is 0.191 e. The summed E-state index contributed by atoms with van der Waals surface area (Å²) in [5.74, 6) is 1.50. The molecule has 1 aliphatic heterocycles. The quantitative estimate of drug-likeness (QED) is 0.332. The number of guanidine groups is 1. The number of pyridine rings is 1. The summed E-state index contributed by atoms with van der Waals surface area (Å²) in [7, 11) is 0. The van der Waals surface area contributed by atoms with Gasteiger partial charge >= 0.3 is 0 Å². The second kappa shape index (κ2) is 11.5. The van der Waals surface area contributed by atoms with Crippen LogP contribution in [0.3, 0.4) is 0 Å². The van der Waals surface area contributed by atoms with Crippen LogP contribution in [0.5, 0.6) is 0 Å². The summed E-state index contributed by atoms with van der Waals surface area (Å²) in [6.07, 6.45) is 3.63. The van der Waals surface area contributed by atoms with E-state index < -0.39 is 0 Å². The number of anilines is 1. The van der Waals surface area contributed by atoms with Gasteiger partial charge in [-0.15, -0.1) is 35.3 Å². The first-order valence-corrected chi connectivity index (χ1v) is 10.5. The standard InChI is InChI=1S/C20H28FN5S.HI/c1-3-22-20(24-13-15(2)12-17-6-5-11-27-17)25-16-8-10-26(14-16)19-18(21)7-4-9-23-19;/h4-7,9,11,15-16H,3,8,10,12-14H2,1-2H3,(H2,22,24,25);1H. The molecule has 1 aliphatic rings. The Morgan fingerprint density at radius 3 is 3.00 bits per heavy atom. The summed E-state index contributed by atoms with van der Waals surface area (Å²) >= 11 is 1.80. The molecular formula is C20H29FIN5S. The van der Waals surface area contributed by atoms with Gasteiger partial charge in [-0.3, -0.25) is 4.99 Å². The van der Waals surface area contributed by atoms with E-state index in [1.54, 1.807) is 23.6 Å². The van der Waals surface area contributed by atoms with Crippen LogP contribution < -0.4 is 15.5 Å². The predicted molar refractivity (Wildman–Crippen MR) is 127 cm³/mol. The second-order valence-electron chi connectivity index (χ2n) is 6.99. The zero-order valence-corrected chi connectivity index (χ0v) is 19.5. The van der Waals surface area contributed by atoms with Crippen molar-refractivity contribution >= 4 is 47.1 Å². The highest BCUT2D eigenvalue weighted by Gasteiger charge is 2.25. The molecule has 0 radical (unpaired) electrons. The highest BCUT2D eigenvalue weighted by atomic mass is 127. The van der Waals surface area contributed by atoms with E-state index in [0.717, 1.165) is 45.0 Å². The minimum atomic E-state index is -0.263. The fourth-order valence-corrected chi connectivity index (χ4v) is 4.15. The first-order valence-electron chi connectivity index (χ1n) is 9.58. The molecule has 5 nitrogen and oxygen atoms in total. The minimum Gasteiger partial charge on any atom is -0.357 e. The van der Waals surface area contributed by atoms with Crippen LogP contribution in [0.4, 0.5) is 10.2 Å². The van der Waals surface area contributed by atoms with Gasteiger partial charge in [0, 0.05) is 43.3 Å². The van der Waals surface area contributed by atoms with Crippen LogP contribution in [0.25, 0.3) is 0 Å². The van der Waals surface area contributed by atoms with Gasteiger partial charge in [0.25, 0.3) is 0 Å². The van der Waals surface area contributed by atoms with E-state index in [9.17, 15) is 4.39 Å². The Kier molecular flexibility index (Phi) is 9.43. The molecule has 0 saturated carbocycles. The first-order chi connectivity index (χ1) is 13.2. The summed E-state index contributed by atoms with van der Waals surface area (Å²) in [6.45, 7) is 7.41. The summed E-state index contributed by atoms with van der Waals surface area (Å²) in [5, 5.41) is 8.94. The van der Waals surface area contributed by atoms with Crippen LogP contribution in [-0.2, 0) is 6.42 Å². The third kappa shape index (κ3) is 6.58. The molecule has 28 heavy (non-hydrogen) atoms. The van der Waals surface area contributed by atoms with Crippen molar-refractivity contribution < 1.29 is 4.39 Å². The molecule has 0 aliphatic carbocycles. The number of rotatable bonds is 7. The molecule has 2 N–H and O–H groups in total. The van der Waals surface area contributed by atoms with Gasteiger partial charge in [-0.2, -0.15) is 0 Å². The van der Waals surface area contributed by atoms with Crippen LogP contribution in [-0.4, -0.2) is 43.2 Å². The third-order valence-corrected chi connectivity index (χ3v) is 5.50. The highest BCUT2D eigenvalue weighted by Crippen LogP contribution is 2.20. The fourth-order valence-electron chi connectivity index (χ4n) is 3.28. The molecule has 2 aromatic rings. The second-order valence-corrected chi connectivity index (χ2v) is 8.03. The molecule has 3 heterocycles. The molecule has 1 saturated heterocycles. The molecule has 3 rings (SSSR count). The van der Waals surface area contributed by atoms with Gasteiger partial charge in [0.15, 0.2) is 17.6 Å². The van der Waals surface area contributed by atoms with Crippen LogP contribution in [0.2, 0.25) is 0 Å².